The molecule has 2 N–H and O–H groups in total. The van der Waals surface area contributed by atoms with Gasteiger partial charge in [-0.2, -0.15) is 0 Å². The zero-order valence-corrected chi connectivity index (χ0v) is 18.5. The molecule has 0 saturated carbocycles. The lowest BCUT2D eigenvalue weighted by Gasteiger charge is -2.34. The first-order valence-corrected chi connectivity index (χ1v) is 11.0. The monoisotopic (exact) mass is 440 g/mol. The van der Waals surface area contributed by atoms with E-state index in [-0.39, 0.29) is 11.6 Å². The number of nitrogens with two attached hydrogens (primary N) is 1. The van der Waals surface area contributed by atoms with Gasteiger partial charge in [0.2, 0.25) is 0 Å². The van der Waals surface area contributed by atoms with E-state index in [1.807, 2.05) is 18.2 Å². The highest BCUT2D eigenvalue weighted by molar-refractivity contribution is 5.79. The predicted molar refractivity (Wildman–Crippen MR) is 125 cm³/mol. The molecular formula is C26H24N4O3. The molecule has 0 saturated heterocycles. The van der Waals surface area contributed by atoms with E-state index in [9.17, 15) is 0 Å². The molecule has 3 aliphatic rings. The second kappa shape index (κ2) is 7.15. The smallest absolute Gasteiger partial charge is 0.283 e. The van der Waals surface area contributed by atoms with Crippen LogP contribution in [0.1, 0.15) is 37.0 Å². The maximum atomic E-state index is 6.33. The van der Waals surface area contributed by atoms with Crippen LogP contribution in [0.4, 0.5) is 0 Å². The lowest BCUT2D eigenvalue weighted by Crippen LogP contribution is -2.31. The lowest BCUT2D eigenvalue weighted by molar-refractivity contribution is 0.0165. The van der Waals surface area contributed by atoms with Gasteiger partial charge >= 0.3 is 0 Å². The number of nitrogens with zero attached hydrogens (tertiary/aromatic N) is 3. The van der Waals surface area contributed by atoms with Gasteiger partial charge in [0.05, 0.1) is 12.2 Å². The third kappa shape index (κ3) is 3.27. The number of amidine groups is 1. The van der Waals surface area contributed by atoms with Crippen LogP contribution >= 0.6 is 0 Å². The number of aromatic nitrogens is 2. The molecule has 4 heterocycles. The number of ether oxygens (including phenoxy) is 3. The molecular weight excluding hydrogens is 416 g/mol. The van der Waals surface area contributed by atoms with Crippen LogP contribution in [0.2, 0.25) is 0 Å². The molecule has 0 amide bonds. The summed E-state index contributed by atoms with van der Waals surface area (Å²) in [4.78, 5) is 13.1. The highest BCUT2D eigenvalue weighted by Gasteiger charge is 2.47. The van der Waals surface area contributed by atoms with Crippen molar-refractivity contribution in [2.45, 2.75) is 31.4 Å². The van der Waals surface area contributed by atoms with E-state index >= 15 is 0 Å². The topological polar surface area (TPSA) is 91.9 Å². The van der Waals surface area contributed by atoms with E-state index in [1.165, 1.54) is 11.9 Å². The van der Waals surface area contributed by atoms with Crippen molar-refractivity contribution in [2.24, 2.45) is 10.7 Å². The van der Waals surface area contributed by atoms with Crippen LogP contribution in [0, 0.1) is 0 Å². The van der Waals surface area contributed by atoms with E-state index in [0.29, 0.717) is 13.2 Å². The van der Waals surface area contributed by atoms with Crippen LogP contribution in [0.25, 0.3) is 16.7 Å². The summed E-state index contributed by atoms with van der Waals surface area (Å²) in [5.74, 6) is 1.50. The number of benzene rings is 2. The zero-order valence-electron chi connectivity index (χ0n) is 18.5. The number of aliphatic imine (C=N–C) groups is 1. The summed E-state index contributed by atoms with van der Waals surface area (Å²) >= 11 is 0. The highest BCUT2D eigenvalue weighted by atomic mass is 16.5. The molecule has 0 aliphatic carbocycles. The third-order valence-electron chi connectivity index (χ3n) is 6.43. The molecule has 2 aromatic carbocycles. The second-order valence-corrected chi connectivity index (χ2v) is 9.12. The number of rotatable bonds is 2. The molecule has 3 aromatic rings. The van der Waals surface area contributed by atoms with E-state index < -0.39 is 5.54 Å². The van der Waals surface area contributed by atoms with Gasteiger partial charge in [0.25, 0.3) is 6.02 Å². The fourth-order valence-electron chi connectivity index (χ4n) is 4.87. The minimum Gasteiger partial charge on any atom is -0.462 e. The van der Waals surface area contributed by atoms with Crippen molar-refractivity contribution in [1.29, 1.82) is 0 Å². The molecule has 0 radical (unpaired) electrons. The van der Waals surface area contributed by atoms with Gasteiger partial charge in [-0.1, -0.05) is 12.1 Å². The molecule has 1 unspecified atom stereocenters. The highest BCUT2D eigenvalue weighted by Crippen LogP contribution is 2.52. The lowest BCUT2D eigenvalue weighted by atomic mass is 9.79. The van der Waals surface area contributed by atoms with E-state index in [4.69, 9.17) is 24.9 Å². The summed E-state index contributed by atoms with van der Waals surface area (Å²) in [5, 5.41) is 0. The SMILES string of the molecule is CC1(C)C=C(c2ccc3c(c2)C2(COC(N)=N2)c2cc(-c4cncnc4)ccc2O3)CCO1. The average molecular weight is 441 g/mol. The Balaban J connectivity index is 1.52. The minimum atomic E-state index is -0.782. The summed E-state index contributed by atoms with van der Waals surface area (Å²) < 4.78 is 17.9. The van der Waals surface area contributed by atoms with Crippen molar-refractivity contribution in [2.75, 3.05) is 13.2 Å². The fraction of sp³-hybridized carbons (Fsp3) is 0.269. The first-order chi connectivity index (χ1) is 15.9. The average Bonchev–Trinajstić information content (AvgIpc) is 3.21. The molecule has 1 atom stereocenters. The fourth-order valence-corrected chi connectivity index (χ4v) is 4.87. The van der Waals surface area contributed by atoms with Crippen molar-refractivity contribution in [3.05, 3.63) is 77.9 Å². The van der Waals surface area contributed by atoms with Crippen LogP contribution in [-0.4, -0.2) is 34.8 Å². The summed E-state index contributed by atoms with van der Waals surface area (Å²) in [6.07, 6.45) is 8.15. The molecule has 7 nitrogen and oxygen atoms in total. The van der Waals surface area contributed by atoms with Crippen molar-refractivity contribution in [3.63, 3.8) is 0 Å². The summed E-state index contributed by atoms with van der Waals surface area (Å²) in [6.45, 7) is 5.16. The molecule has 0 bridgehead atoms. The van der Waals surface area contributed by atoms with Gasteiger partial charge in [-0.3, -0.25) is 0 Å². The molecule has 166 valence electrons. The molecule has 7 heteroatoms. The van der Waals surface area contributed by atoms with Gasteiger partial charge in [-0.05, 0) is 67.3 Å². The van der Waals surface area contributed by atoms with Crippen LogP contribution in [0.5, 0.6) is 11.5 Å². The van der Waals surface area contributed by atoms with E-state index in [1.54, 1.807) is 12.4 Å². The van der Waals surface area contributed by atoms with E-state index in [0.717, 1.165) is 45.7 Å². The van der Waals surface area contributed by atoms with Crippen LogP contribution < -0.4 is 10.5 Å². The Hall–Kier alpha value is -3.71. The van der Waals surface area contributed by atoms with Gasteiger partial charge in [-0.15, -0.1) is 0 Å². The Kier molecular flexibility index (Phi) is 4.32. The Labute approximate surface area is 192 Å². The van der Waals surface area contributed by atoms with Gasteiger partial charge in [-0.25, -0.2) is 15.0 Å². The van der Waals surface area contributed by atoms with Gasteiger partial charge in [0.1, 0.15) is 24.4 Å². The quantitative estimate of drug-likeness (QED) is 0.634. The van der Waals surface area contributed by atoms with E-state index in [2.05, 4.69) is 48.1 Å². The standard InChI is InChI=1S/C26H24N4O3/c1-25(2)11-18(7-8-32-25)16-3-5-22-20(9-16)26(14-31-24(27)30-26)21-10-17(4-6-23(21)33-22)19-12-28-15-29-13-19/h3-6,9-13,15H,7-8,14H2,1-2H3,(H2,27,30). The Bertz CT molecular complexity index is 1320. The third-order valence-corrected chi connectivity index (χ3v) is 6.43. The molecule has 1 aromatic heterocycles. The predicted octanol–water partition coefficient (Wildman–Crippen LogP) is 4.42. The summed E-state index contributed by atoms with van der Waals surface area (Å²) in [5.41, 5.74) is 11.1. The first-order valence-electron chi connectivity index (χ1n) is 11.0. The second-order valence-electron chi connectivity index (χ2n) is 9.12. The Morgan fingerprint density at radius 2 is 1.61 bits per heavy atom. The minimum absolute atomic E-state index is 0.180. The van der Waals surface area contributed by atoms with Crippen LogP contribution in [-0.2, 0) is 15.0 Å². The maximum Gasteiger partial charge on any atom is 0.283 e. The van der Waals surface area contributed by atoms with Gasteiger partial charge < -0.3 is 19.9 Å². The zero-order chi connectivity index (χ0) is 22.6. The van der Waals surface area contributed by atoms with Crippen molar-refractivity contribution in [1.82, 2.24) is 9.97 Å². The summed E-state index contributed by atoms with van der Waals surface area (Å²) in [7, 11) is 0. The van der Waals surface area contributed by atoms with Crippen molar-refractivity contribution >= 4 is 11.6 Å². The molecule has 1 spiro atoms. The largest absolute Gasteiger partial charge is 0.462 e. The van der Waals surface area contributed by atoms with Crippen LogP contribution in [0.15, 0.2) is 66.2 Å². The van der Waals surface area contributed by atoms with Gasteiger partial charge in [0, 0.05) is 29.1 Å². The molecule has 6 rings (SSSR count). The van der Waals surface area contributed by atoms with Crippen molar-refractivity contribution < 1.29 is 14.2 Å². The molecule has 0 fully saturated rings. The molecule has 3 aliphatic heterocycles. The number of hydrogen-bond acceptors (Lipinski definition) is 7. The normalized spacial score (nSPS) is 22.5. The number of hydrogen-bond donors (Lipinski definition) is 1. The Morgan fingerprint density at radius 1 is 0.909 bits per heavy atom. The maximum absolute atomic E-state index is 6.33. The van der Waals surface area contributed by atoms with Crippen LogP contribution in [0.3, 0.4) is 0 Å². The molecule has 33 heavy (non-hydrogen) atoms. The number of fused-ring (bicyclic) bond motifs is 4. The first kappa shape index (κ1) is 19.9. The Morgan fingerprint density at radius 3 is 2.27 bits per heavy atom. The van der Waals surface area contributed by atoms with Gasteiger partial charge in [0.15, 0.2) is 5.54 Å². The van der Waals surface area contributed by atoms with Crippen molar-refractivity contribution in [3.8, 4) is 22.6 Å². The summed E-state index contributed by atoms with van der Waals surface area (Å²) in [6, 6.07) is 12.5.